The molecule has 10 nitrogen and oxygen atoms in total. The van der Waals surface area contributed by atoms with Crippen molar-refractivity contribution in [3.05, 3.63) is 66.2 Å². The normalized spacial score (nSPS) is 13.9. The van der Waals surface area contributed by atoms with E-state index in [2.05, 4.69) is 35.5 Å². The lowest BCUT2D eigenvalue weighted by Gasteiger charge is -2.39. The number of carbonyl (C=O) groups is 3. The largest absolute Gasteiger partial charge is 0.453 e. The molecule has 0 saturated carbocycles. The molecule has 1 aliphatic rings. The average molecular weight is 690 g/mol. The number of rotatable bonds is 13. The van der Waals surface area contributed by atoms with E-state index in [-0.39, 0.29) is 17.5 Å². The lowest BCUT2D eigenvalue weighted by Crippen LogP contribution is -2.62. The molecule has 2 N–H and O–H groups in total. The second kappa shape index (κ2) is 15.8. The number of likely N-dealkylation sites (tertiary alicyclic amines) is 1. The minimum Gasteiger partial charge on any atom is -0.453 e. The molecule has 1 atom stereocenters. The molecular formula is C37H44FN5O5S. The fraction of sp³-hybridized carbons (Fsp3) is 0.432. The van der Waals surface area contributed by atoms with Gasteiger partial charge < -0.3 is 25.0 Å². The molecule has 12 heteroatoms. The number of nitrogens with zero attached hydrogens (tertiary/aromatic N) is 3. The topological polar surface area (TPSA) is 123 Å². The fourth-order valence-electron chi connectivity index (χ4n) is 5.48. The number of nitrogens with one attached hydrogen (secondary N) is 2. The van der Waals surface area contributed by atoms with Gasteiger partial charge in [-0.15, -0.1) is 11.3 Å². The van der Waals surface area contributed by atoms with Gasteiger partial charge in [-0.25, -0.2) is 14.0 Å². The average Bonchev–Trinajstić information content (AvgIpc) is 3.47. The van der Waals surface area contributed by atoms with Crippen molar-refractivity contribution < 1.29 is 28.2 Å². The van der Waals surface area contributed by atoms with Crippen LogP contribution in [-0.4, -0.2) is 57.5 Å². The Balaban J connectivity index is 1.17. The van der Waals surface area contributed by atoms with Gasteiger partial charge in [0.2, 0.25) is 0 Å². The Bertz CT molecular complexity index is 1780. The van der Waals surface area contributed by atoms with Crippen molar-refractivity contribution in [2.45, 2.75) is 84.8 Å². The molecule has 260 valence electrons. The van der Waals surface area contributed by atoms with E-state index >= 15 is 4.39 Å². The maximum absolute atomic E-state index is 15.2. The first-order chi connectivity index (χ1) is 23.4. The first-order valence-corrected chi connectivity index (χ1v) is 17.6. The lowest BCUT2D eigenvalue weighted by molar-refractivity contribution is -0.120. The Morgan fingerprint density at radius 3 is 2.53 bits per heavy atom. The van der Waals surface area contributed by atoms with Crippen LogP contribution in [0.3, 0.4) is 0 Å². The highest BCUT2D eigenvalue weighted by atomic mass is 32.1. The number of Topliss-reactive ketones (excluding diaryl/α,β-unsaturated/α-hetero) is 1. The second-order valence-corrected chi connectivity index (χ2v) is 14.5. The van der Waals surface area contributed by atoms with Gasteiger partial charge in [-0.2, -0.15) is 0 Å². The SMILES string of the molecule is CCCCC(=O)CC(CC)Cc1ccc(-c2cc3nccc(Oc4ccc(NC(=O)NC5CN(C(=O)OC(C)(C)C)C5)cc4F)c3s2)nc1. The van der Waals surface area contributed by atoms with Crippen LogP contribution in [0.15, 0.2) is 54.9 Å². The quantitative estimate of drug-likeness (QED) is 0.144. The van der Waals surface area contributed by atoms with Crippen LogP contribution in [0.1, 0.15) is 72.3 Å². The van der Waals surface area contributed by atoms with Crippen LogP contribution in [0.5, 0.6) is 11.5 Å². The number of hydrogen-bond acceptors (Lipinski definition) is 8. The molecular weight excluding hydrogens is 646 g/mol. The smallest absolute Gasteiger partial charge is 0.410 e. The molecule has 3 amide bonds. The van der Waals surface area contributed by atoms with E-state index in [1.54, 1.807) is 39.1 Å². The predicted molar refractivity (Wildman–Crippen MR) is 190 cm³/mol. The minimum absolute atomic E-state index is 0.00142. The number of amides is 3. The summed E-state index contributed by atoms with van der Waals surface area (Å²) in [7, 11) is 0. The molecule has 0 spiro atoms. The van der Waals surface area contributed by atoms with Gasteiger partial charge in [-0.1, -0.05) is 32.8 Å². The maximum Gasteiger partial charge on any atom is 0.410 e. The number of anilines is 1. The van der Waals surface area contributed by atoms with Crippen molar-refractivity contribution in [3.8, 4) is 22.1 Å². The number of ketones is 1. The summed E-state index contributed by atoms with van der Waals surface area (Å²) >= 11 is 1.46. The number of unbranched alkanes of at least 4 members (excludes halogenated alkanes) is 1. The highest BCUT2D eigenvalue weighted by molar-refractivity contribution is 7.22. The van der Waals surface area contributed by atoms with Gasteiger partial charge >= 0.3 is 12.1 Å². The van der Waals surface area contributed by atoms with Crippen molar-refractivity contribution in [3.63, 3.8) is 0 Å². The van der Waals surface area contributed by atoms with Crippen molar-refractivity contribution in [2.75, 3.05) is 18.4 Å². The Morgan fingerprint density at radius 2 is 1.86 bits per heavy atom. The molecule has 0 aliphatic carbocycles. The van der Waals surface area contributed by atoms with Crippen LogP contribution < -0.4 is 15.4 Å². The summed E-state index contributed by atoms with van der Waals surface area (Å²) in [6, 6.07) is 11.1. The Kier molecular flexibility index (Phi) is 11.5. The van der Waals surface area contributed by atoms with Crippen LogP contribution >= 0.6 is 11.3 Å². The number of carbonyl (C=O) groups excluding carboxylic acids is 3. The third-order valence-corrected chi connectivity index (χ3v) is 9.32. The molecule has 1 aromatic carbocycles. The fourth-order valence-corrected chi connectivity index (χ4v) is 6.52. The number of benzene rings is 1. The van der Waals surface area contributed by atoms with Gasteiger partial charge in [0.25, 0.3) is 0 Å². The summed E-state index contributed by atoms with van der Waals surface area (Å²) in [5.41, 5.74) is 2.26. The number of pyridine rings is 2. The van der Waals surface area contributed by atoms with E-state index in [0.717, 1.165) is 46.5 Å². The molecule has 4 aromatic rings. The van der Waals surface area contributed by atoms with E-state index < -0.39 is 23.5 Å². The van der Waals surface area contributed by atoms with Gasteiger partial charge in [0, 0.05) is 56.1 Å². The highest BCUT2D eigenvalue weighted by Crippen LogP contribution is 2.39. The predicted octanol–water partition coefficient (Wildman–Crippen LogP) is 8.75. The van der Waals surface area contributed by atoms with Gasteiger partial charge in [0.1, 0.15) is 17.1 Å². The molecule has 0 radical (unpaired) electrons. The molecule has 0 bridgehead atoms. The van der Waals surface area contributed by atoms with Gasteiger partial charge in [-0.05, 0) is 69.4 Å². The maximum atomic E-state index is 15.2. The van der Waals surface area contributed by atoms with Crippen molar-refractivity contribution >= 4 is 45.1 Å². The zero-order chi connectivity index (χ0) is 35.1. The Hall–Kier alpha value is -4.58. The first kappa shape index (κ1) is 35.7. The number of ether oxygens (including phenoxy) is 2. The summed E-state index contributed by atoms with van der Waals surface area (Å²) in [6.45, 7) is 10.3. The summed E-state index contributed by atoms with van der Waals surface area (Å²) in [4.78, 5) is 48.5. The standard InChI is InChI=1S/C37H44FN5O5S/c1-6-8-9-27(44)17-23(7-2)16-24-10-12-29(40-20-24)33-19-30-34(49-33)32(14-15-39-30)47-31-13-11-25(18-28(31)38)41-35(45)42-26-21-43(22-26)36(46)48-37(3,4)5/h10-15,18-20,23,26H,6-9,16-17,21-22H2,1-5H3,(H2,41,42,45). The molecule has 1 fully saturated rings. The number of thiophene rings is 1. The summed E-state index contributed by atoms with van der Waals surface area (Å²) in [6.07, 6.45) is 8.05. The molecule has 1 unspecified atom stereocenters. The van der Waals surface area contributed by atoms with E-state index in [1.165, 1.54) is 28.4 Å². The number of halogens is 1. The van der Waals surface area contributed by atoms with Crippen LogP contribution in [0.25, 0.3) is 20.8 Å². The summed E-state index contributed by atoms with van der Waals surface area (Å²) in [5.74, 6) is 0.450. The number of hydrogen-bond donors (Lipinski definition) is 2. The number of urea groups is 1. The summed E-state index contributed by atoms with van der Waals surface area (Å²) in [5, 5.41) is 5.40. The molecule has 5 rings (SSSR count). The molecule has 4 heterocycles. The van der Waals surface area contributed by atoms with E-state index in [9.17, 15) is 14.4 Å². The van der Waals surface area contributed by atoms with Crippen LogP contribution in [0.2, 0.25) is 0 Å². The molecule has 1 aliphatic heterocycles. The monoisotopic (exact) mass is 689 g/mol. The zero-order valence-electron chi connectivity index (χ0n) is 28.7. The molecule has 3 aromatic heterocycles. The zero-order valence-corrected chi connectivity index (χ0v) is 29.5. The van der Waals surface area contributed by atoms with Crippen molar-refractivity contribution in [2.24, 2.45) is 5.92 Å². The molecule has 49 heavy (non-hydrogen) atoms. The van der Waals surface area contributed by atoms with Crippen LogP contribution in [0.4, 0.5) is 19.7 Å². The van der Waals surface area contributed by atoms with Gasteiger partial charge in [0.15, 0.2) is 11.6 Å². The Morgan fingerprint density at radius 1 is 1.06 bits per heavy atom. The first-order valence-electron chi connectivity index (χ1n) is 16.8. The lowest BCUT2D eigenvalue weighted by atomic mass is 9.91. The van der Waals surface area contributed by atoms with E-state index in [1.807, 2.05) is 18.3 Å². The highest BCUT2D eigenvalue weighted by Gasteiger charge is 2.34. The van der Waals surface area contributed by atoms with Crippen LogP contribution in [-0.2, 0) is 16.0 Å². The second-order valence-electron chi connectivity index (χ2n) is 13.4. The van der Waals surface area contributed by atoms with Gasteiger partial charge in [0.05, 0.1) is 26.8 Å². The number of fused-ring (bicyclic) bond motifs is 1. The van der Waals surface area contributed by atoms with Crippen LogP contribution in [0, 0.1) is 11.7 Å². The summed E-state index contributed by atoms with van der Waals surface area (Å²) < 4.78 is 27.2. The minimum atomic E-state index is -0.644. The van der Waals surface area contributed by atoms with Crippen molar-refractivity contribution in [1.82, 2.24) is 20.2 Å². The molecule has 1 saturated heterocycles. The van der Waals surface area contributed by atoms with E-state index in [0.29, 0.717) is 48.9 Å². The van der Waals surface area contributed by atoms with E-state index in [4.69, 9.17) is 14.5 Å². The van der Waals surface area contributed by atoms with Crippen molar-refractivity contribution in [1.29, 1.82) is 0 Å². The number of aromatic nitrogens is 2. The third-order valence-electron chi connectivity index (χ3n) is 8.16. The van der Waals surface area contributed by atoms with Gasteiger partial charge in [-0.3, -0.25) is 14.8 Å². The Labute approximate surface area is 290 Å². The third kappa shape index (κ3) is 9.75.